The van der Waals surface area contributed by atoms with Crippen LogP contribution in [-0.2, 0) is 11.3 Å². The molecule has 0 aromatic carbocycles. The van der Waals surface area contributed by atoms with Crippen LogP contribution in [0.4, 0.5) is 0 Å². The molecule has 0 aliphatic heterocycles. The fraction of sp³-hybridized carbons (Fsp3) is 0.500. The summed E-state index contributed by atoms with van der Waals surface area (Å²) in [7, 11) is 0. The average Bonchev–Trinajstić information content (AvgIpc) is 2.19. The second-order valence-electron chi connectivity index (χ2n) is 2.55. The third-order valence-corrected chi connectivity index (χ3v) is 1.39. The summed E-state index contributed by atoms with van der Waals surface area (Å²) in [5.41, 5.74) is 0.702. The Kier molecular flexibility index (Phi) is 4.31. The van der Waals surface area contributed by atoms with Gasteiger partial charge in [-0.1, -0.05) is 0 Å². The summed E-state index contributed by atoms with van der Waals surface area (Å²) in [6.07, 6.45) is 3.91. The van der Waals surface area contributed by atoms with E-state index in [4.69, 9.17) is 14.9 Å². The Labute approximate surface area is 76.0 Å². The van der Waals surface area contributed by atoms with Gasteiger partial charge in [0.2, 0.25) is 0 Å². The Morgan fingerprint density at radius 3 is 2.92 bits per heavy atom. The fourth-order valence-corrected chi connectivity index (χ4v) is 0.757. The first-order valence-corrected chi connectivity index (χ1v) is 3.94. The average molecular weight is 184 g/mol. The summed E-state index contributed by atoms with van der Waals surface area (Å²) >= 11 is 0. The molecule has 5 heteroatoms. The third kappa shape index (κ3) is 3.93. The highest BCUT2D eigenvalue weighted by Gasteiger charge is 2.01. The highest BCUT2D eigenvalue weighted by atomic mass is 16.5. The molecular formula is C8H12N2O3. The smallest absolute Gasteiger partial charge is 0.100 e. The number of hydrogen-bond donors (Lipinski definition) is 2. The fourth-order valence-electron chi connectivity index (χ4n) is 0.757. The predicted molar refractivity (Wildman–Crippen MR) is 44.8 cm³/mol. The molecule has 0 spiro atoms. The van der Waals surface area contributed by atoms with Gasteiger partial charge in [0.05, 0.1) is 31.7 Å². The normalized spacial score (nSPS) is 12.8. The summed E-state index contributed by atoms with van der Waals surface area (Å²) in [5, 5.41) is 17.4. The van der Waals surface area contributed by atoms with Gasteiger partial charge in [0.1, 0.15) is 6.10 Å². The lowest BCUT2D eigenvalue weighted by Gasteiger charge is -2.06. The van der Waals surface area contributed by atoms with Crippen molar-refractivity contribution in [3.05, 3.63) is 24.3 Å². The van der Waals surface area contributed by atoms with Crippen molar-refractivity contribution in [3.63, 3.8) is 0 Å². The van der Waals surface area contributed by atoms with E-state index < -0.39 is 6.10 Å². The maximum atomic E-state index is 8.92. The van der Waals surface area contributed by atoms with Crippen LogP contribution >= 0.6 is 0 Å². The van der Waals surface area contributed by atoms with E-state index in [0.29, 0.717) is 12.3 Å². The van der Waals surface area contributed by atoms with Gasteiger partial charge in [0, 0.05) is 12.4 Å². The minimum absolute atomic E-state index is 0.104. The minimum atomic E-state index is -0.823. The van der Waals surface area contributed by atoms with Crippen molar-refractivity contribution in [2.45, 2.75) is 12.7 Å². The van der Waals surface area contributed by atoms with E-state index in [-0.39, 0.29) is 13.2 Å². The van der Waals surface area contributed by atoms with Crippen LogP contribution in [0.1, 0.15) is 5.69 Å². The first-order valence-electron chi connectivity index (χ1n) is 3.94. The van der Waals surface area contributed by atoms with Gasteiger partial charge in [-0.3, -0.25) is 9.97 Å². The van der Waals surface area contributed by atoms with Gasteiger partial charge in [-0.05, 0) is 0 Å². The van der Waals surface area contributed by atoms with Crippen LogP contribution in [0.2, 0.25) is 0 Å². The van der Waals surface area contributed by atoms with E-state index in [1.54, 1.807) is 18.6 Å². The van der Waals surface area contributed by atoms with E-state index in [9.17, 15) is 0 Å². The Bertz CT molecular complexity index is 230. The van der Waals surface area contributed by atoms with Crippen LogP contribution < -0.4 is 0 Å². The SMILES string of the molecule is OC[C@H](O)COCc1cnccn1. The molecule has 0 aliphatic rings. The van der Waals surface area contributed by atoms with Gasteiger partial charge in [-0.2, -0.15) is 0 Å². The number of aliphatic hydroxyl groups excluding tert-OH is 2. The Morgan fingerprint density at radius 2 is 2.31 bits per heavy atom. The zero-order valence-corrected chi connectivity index (χ0v) is 7.13. The second kappa shape index (κ2) is 5.58. The van der Waals surface area contributed by atoms with Gasteiger partial charge < -0.3 is 14.9 Å². The van der Waals surface area contributed by atoms with E-state index in [2.05, 4.69) is 9.97 Å². The molecule has 0 saturated carbocycles. The highest BCUT2D eigenvalue weighted by molar-refractivity contribution is 4.91. The summed E-state index contributed by atoms with van der Waals surface area (Å²) in [4.78, 5) is 7.82. The lowest BCUT2D eigenvalue weighted by atomic mass is 10.4. The van der Waals surface area contributed by atoms with Gasteiger partial charge in [-0.15, -0.1) is 0 Å². The third-order valence-electron chi connectivity index (χ3n) is 1.39. The molecule has 2 N–H and O–H groups in total. The van der Waals surface area contributed by atoms with Crippen LogP contribution in [0.5, 0.6) is 0 Å². The lowest BCUT2D eigenvalue weighted by molar-refractivity contribution is -0.000896. The predicted octanol–water partition coefficient (Wildman–Crippen LogP) is -0.654. The quantitative estimate of drug-likeness (QED) is 0.635. The lowest BCUT2D eigenvalue weighted by Crippen LogP contribution is -2.19. The molecule has 1 heterocycles. The molecule has 72 valence electrons. The molecule has 0 radical (unpaired) electrons. The van der Waals surface area contributed by atoms with Crippen LogP contribution in [0.15, 0.2) is 18.6 Å². The van der Waals surface area contributed by atoms with Crippen LogP contribution in [-0.4, -0.2) is 39.5 Å². The largest absolute Gasteiger partial charge is 0.394 e. The Morgan fingerprint density at radius 1 is 1.46 bits per heavy atom. The number of rotatable bonds is 5. The van der Waals surface area contributed by atoms with Crippen molar-refractivity contribution >= 4 is 0 Å². The molecule has 5 nitrogen and oxygen atoms in total. The van der Waals surface area contributed by atoms with Crippen molar-refractivity contribution in [2.75, 3.05) is 13.2 Å². The van der Waals surface area contributed by atoms with E-state index in [1.165, 1.54) is 0 Å². The molecule has 0 saturated heterocycles. The molecule has 0 bridgehead atoms. The number of aromatic nitrogens is 2. The molecule has 1 rings (SSSR count). The zero-order chi connectivity index (χ0) is 9.52. The summed E-state index contributed by atoms with van der Waals surface area (Å²) in [5.74, 6) is 0. The second-order valence-corrected chi connectivity index (χ2v) is 2.55. The Balaban J connectivity index is 2.20. The van der Waals surface area contributed by atoms with Gasteiger partial charge in [0.25, 0.3) is 0 Å². The first kappa shape index (κ1) is 10.0. The molecule has 13 heavy (non-hydrogen) atoms. The van der Waals surface area contributed by atoms with Crippen LogP contribution in [0, 0.1) is 0 Å². The molecular weight excluding hydrogens is 172 g/mol. The Hall–Kier alpha value is -1.04. The van der Waals surface area contributed by atoms with Crippen molar-refractivity contribution in [1.29, 1.82) is 0 Å². The monoisotopic (exact) mass is 184 g/mol. The van der Waals surface area contributed by atoms with Crippen LogP contribution in [0.3, 0.4) is 0 Å². The van der Waals surface area contributed by atoms with Gasteiger partial charge in [-0.25, -0.2) is 0 Å². The zero-order valence-electron chi connectivity index (χ0n) is 7.13. The number of ether oxygens (including phenoxy) is 1. The summed E-state index contributed by atoms with van der Waals surface area (Å²) in [6, 6.07) is 0. The van der Waals surface area contributed by atoms with Crippen molar-refractivity contribution in [1.82, 2.24) is 9.97 Å². The topological polar surface area (TPSA) is 75.5 Å². The molecule has 0 unspecified atom stereocenters. The van der Waals surface area contributed by atoms with Crippen molar-refractivity contribution in [2.24, 2.45) is 0 Å². The summed E-state index contributed by atoms with van der Waals surface area (Å²) < 4.78 is 5.06. The maximum Gasteiger partial charge on any atom is 0.100 e. The molecule has 1 atom stereocenters. The molecule has 0 amide bonds. The van der Waals surface area contributed by atoms with Crippen molar-refractivity contribution < 1.29 is 14.9 Å². The molecule has 0 fully saturated rings. The molecule has 0 aliphatic carbocycles. The van der Waals surface area contributed by atoms with E-state index in [0.717, 1.165) is 0 Å². The number of aliphatic hydroxyl groups is 2. The van der Waals surface area contributed by atoms with E-state index in [1.807, 2.05) is 0 Å². The van der Waals surface area contributed by atoms with Gasteiger partial charge in [0.15, 0.2) is 0 Å². The standard InChI is InChI=1S/C8H12N2O3/c11-4-8(12)6-13-5-7-3-9-1-2-10-7/h1-3,8,11-12H,4-6H2/t8-/m0/s1. The maximum absolute atomic E-state index is 8.92. The summed E-state index contributed by atoms with van der Waals surface area (Å²) in [6.45, 7) is 0.110. The number of hydrogen-bond acceptors (Lipinski definition) is 5. The highest BCUT2D eigenvalue weighted by Crippen LogP contribution is 1.94. The number of nitrogens with zero attached hydrogens (tertiary/aromatic N) is 2. The molecule has 1 aromatic rings. The first-order chi connectivity index (χ1) is 6.33. The minimum Gasteiger partial charge on any atom is -0.394 e. The van der Waals surface area contributed by atoms with Gasteiger partial charge >= 0.3 is 0 Å². The van der Waals surface area contributed by atoms with E-state index >= 15 is 0 Å². The van der Waals surface area contributed by atoms with Crippen LogP contribution in [0.25, 0.3) is 0 Å². The molecule has 1 aromatic heterocycles. The van der Waals surface area contributed by atoms with Crippen molar-refractivity contribution in [3.8, 4) is 0 Å².